The molecule has 0 spiro atoms. The van der Waals surface area contributed by atoms with Crippen molar-refractivity contribution in [3.05, 3.63) is 35.8 Å². The molecule has 1 saturated carbocycles. The molecule has 3 rings (SSSR count). The van der Waals surface area contributed by atoms with Crippen LogP contribution in [0.25, 0.3) is 10.9 Å². The van der Waals surface area contributed by atoms with Gasteiger partial charge in [0.1, 0.15) is 5.82 Å². The minimum Gasteiger partial charge on any atom is -0.350 e. The van der Waals surface area contributed by atoms with Gasteiger partial charge in [0.2, 0.25) is 0 Å². The van der Waals surface area contributed by atoms with Crippen LogP contribution in [0.4, 0.5) is 4.39 Å². The first-order valence-electron chi connectivity index (χ1n) is 6.15. The van der Waals surface area contributed by atoms with Crippen molar-refractivity contribution in [1.82, 2.24) is 4.57 Å². The lowest BCUT2D eigenvalue weighted by molar-refractivity contribution is 0.629. The summed E-state index contributed by atoms with van der Waals surface area (Å²) in [7, 11) is 2.01. The number of benzene rings is 1. The molecule has 0 saturated heterocycles. The molecule has 1 fully saturated rings. The molecule has 2 N–H and O–H groups in total. The van der Waals surface area contributed by atoms with Crippen molar-refractivity contribution < 1.29 is 4.39 Å². The predicted octanol–water partition coefficient (Wildman–Crippen LogP) is 2.91. The van der Waals surface area contributed by atoms with Crippen LogP contribution in [0, 0.1) is 5.82 Å². The SMILES string of the molecule is Cn1cc([C@H]2CC[C@H](N)C2)c2cc(F)ccc21. The van der Waals surface area contributed by atoms with Crippen molar-refractivity contribution in [3.8, 4) is 0 Å². The number of hydrogen-bond donors (Lipinski definition) is 1. The minimum absolute atomic E-state index is 0.160. The van der Waals surface area contributed by atoms with E-state index in [1.807, 2.05) is 13.1 Å². The first-order chi connectivity index (χ1) is 8.15. The van der Waals surface area contributed by atoms with E-state index in [2.05, 4.69) is 10.8 Å². The topological polar surface area (TPSA) is 30.9 Å². The monoisotopic (exact) mass is 232 g/mol. The van der Waals surface area contributed by atoms with Gasteiger partial charge in [-0.3, -0.25) is 0 Å². The van der Waals surface area contributed by atoms with Crippen molar-refractivity contribution in [2.75, 3.05) is 0 Å². The van der Waals surface area contributed by atoms with Crippen LogP contribution >= 0.6 is 0 Å². The molecule has 90 valence electrons. The van der Waals surface area contributed by atoms with Crippen molar-refractivity contribution in [1.29, 1.82) is 0 Å². The first-order valence-corrected chi connectivity index (χ1v) is 6.15. The van der Waals surface area contributed by atoms with E-state index in [0.29, 0.717) is 12.0 Å². The van der Waals surface area contributed by atoms with Gasteiger partial charge in [0.25, 0.3) is 0 Å². The predicted molar refractivity (Wildman–Crippen MR) is 67.4 cm³/mol. The molecular weight excluding hydrogens is 215 g/mol. The minimum atomic E-state index is -0.160. The third kappa shape index (κ3) is 1.75. The zero-order valence-corrected chi connectivity index (χ0v) is 9.99. The molecule has 0 unspecified atom stereocenters. The lowest BCUT2D eigenvalue weighted by Gasteiger charge is -2.07. The Kier molecular flexibility index (Phi) is 2.44. The highest BCUT2D eigenvalue weighted by molar-refractivity contribution is 5.84. The highest BCUT2D eigenvalue weighted by Gasteiger charge is 2.25. The highest BCUT2D eigenvalue weighted by atomic mass is 19.1. The van der Waals surface area contributed by atoms with E-state index in [4.69, 9.17) is 5.73 Å². The number of aryl methyl sites for hydroxylation is 1. The van der Waals surface area contributed by atoms with Gasteiger partial charge in [-0.25, -0.2) is 4.39 Å². The van der Waals surface area contributed by atoms with E-state index in [1.165, 1.54) is 11.6 Å². The van der Waals surface area contributed by atoms with E-state index in [1.54, 1.807) is 6.07 Å². The second-order valence-electron chi connectivity index (χ2n) is 5.13. The van der Waals surface area contributed by atoms with Crippen LogP contribution in [0.5, 0.6) is 0 Å². The Morgan fingerprint density at radius 1 is 1.35 bits per heavy atom. The summed E-state index contributed by atoms with van der Waals surface area (Å²) in [6.45, 7) is 0. The van der Waals surface area contributed by atoms with Gasteiger partial charge in [0.05, 0.1) is 0 Å². The second kappa shape index (κ2) is 3.84. The summed E-state index contributed by atoms with van der Waals surface area (Å²) in [5.41, 5.74) is 8.32. The Bertz CT molecular complexity index is 559. The van der Waals surface area contributed by atoms with Crippen molar-refractivity contribution in [3.63, 3.8) is 0 Å². The van der Waals surface area contributed by atoms with E-state index in [0.717, 1.165) is 30.2 Å². The summed E-state index contributed by atoms with van der Waals surface area (Å²) in [5.74, 6) is 0.336. The molecule has 0 radical (unpaired) electrons. The van der Waals surface area contributed by atoms with E-state index in [9.17, 15) is 4.39 Å². The standard InChI is InChI=1S/C14H17FN2/c1-17-8-13(9-2-4-11(16)6-9)12-7-10(15)3-5-14(12)17/h3,5,7-9,11H,2,4,6,16H2,1H3/t9-,11-/m0/s1. The van der Waals surface area contributed by atoms with Gasteiger partial charge >= 0.3 is 0 Å². The van der Waals surface area contributed by atoms with Gasteiger partial charge in [0, 0.05) is 30.2 Å². The van der Waals surface area contributed by atoms with Gasteiger partial charge < -0.3 is 10.3 Å². The molecule has 2 atom stereocenters. The van der Waals surface area contributed by atoms with Crippen LogP contribution in [0.15, 0.2) is 24.4 Å². The molecule has 3 heteroatoms. The molecule has 2 nitrogen and oxygen atoms in total. The van der Waals surface area contributed by atoms with Gasteiger partial charge in [-0.1, -0.05) is 0 Å². The van der Waals surface area contributed by atoms with E-state index < -0.39 is 0 Å². The van der Waals surface area contributed by atoms with Crippen molar-refractivity contribution in [2.24, 2.45) is 12.8 Å². The van der Waals surface area contributed by atoms with Crippen LogP contribution < -0.4 is 5.73 Å². The Balaban J connectivity index is 2.13. The van der Waals surface area contributed by atoms with E-state index in [-0.39, 0.29) is 5.82 Å². The van der Waals surface area contributed by atoms with Crippen LogP contribution in [-0.4, -0.2) is 10.6 Å². The molecule has 0 aliphatic heterocycles. The van der Waals surface area contributed by atoms with Gasteiger partial charge in [-0.15, -0.1) is 0 Å². The zero-order chi connectivity index (χ0) is 12.0. The zero-order valence-electron chi connectivity index (χ0n) is 9.99. The molecule has 0 amide bonds. The Hall–Kier alpha value is -1.35. The largest absolute Gasteiger partial charge is 0.350 e. The Morgan fingerprint density at radius 2 is 2.18 bits per heavy atom. The maximum Gasteiger partial charge on any atom is 0.123 e. The molecule has 1 aromatic carbocycles. The third-order valence-electron chi connectivity index (χ3n) is 3.90. The Labute approximate surface area is 100 Å². The van der Waals surface area contributed by atoms with Crippen LogP contribution in [0.3, 0.4) is 0 Å². The number of nitrogens with zero attached hydrogens (tertiary/aromatic N) is 1. The summed E-state index contributed by atoms with van der Waals surface area (Å²) in [5, 5.41) is 1.05. The molecule has 0 bridgehead atoms. The fourth-order valence-corrected chi connectivity index (χ4v) is 3.02. The van der Waals surface area contributed by atoms with Gasteiger partial charge in [-0.05, 0) is 48.9 Å². The maximum absolute atomic E-state index is 13.4. The lowest BCUT2D eigenvalue weighted by atomic mass is 9.97. The second-order valence-corrected chi connectivity index (χ2v) is 5.13. The number of rotatable bonds is 1. The molecule has 1 aliphatic carbocycles. The van der Waals surface area contributed by atoms with Crippen LogP contribution in [0.1, 0.15) is 30.7 Å². The molecular formula is C14H17FN2. The summed E-state index contributed by atoms with van der Waals surface area (Å²) in [6, 6.07) is 5.33. The quantitative estimate of drug-likeness (QED) is 0.805. The maximum atomic E-state index is 13.4. The number of halogens is 1. The van der Waals surface area contributed by atoms with Crippen molar-refractivity contribution in [2.45, 2.75) is 31.2 Å². The fourth-order valence-electron chi connectivity index (χ4n) is 3.02. The molecule has 17 heavy (non-hydrogen) atoms. The smallest absolute Gasteiger partial charge is 0.123 e. The molecule has 1 heterocycles. The summed E-state index contributed by atoms with van der Waals surface area (Å²) in [4.78, 5) is 0. The number of fused-ring (bicyclic) bond motifs is 1. The molecule has 1 aromatic heterocycles. The normalized spacial score (nSPS) is 24.6. The van der Waals surface area contributed by atoms with Gasteiger partial charge in [0.15, 0.2) is 0 Å². The van der Waals surface area contributed by atoms with Gasteiger partial charge in [-0.2, -0.15) is 0 Å². The summed E-state index contributed by atoms with van der Waals surface area (Å²) < 4.78 is 15.4. The lowest BCUT2D eigenvalue weighted by Crippen LogP contribution is -2.14. The number of aromatic nitrogens is 1. The van der Waals surface area contributed by atoms with Crippen LogP contribution in [0.2, 0.25) is 0 Å². The van der Waals surface area contributed by atoms with E-state index >= 15 is 0 Å². The molecule has 1 aliphatic rings. The summed E-state index contributed by atoms with van der Waals surface area (Å²) in [6.07, 6.45) is 5.36. The summed E-state index contributed by atoms with van der Waals surface area (Å²) >= 11 is 0. The van der Waals surface area contributed by atoms with Crippen LogP contribution in [-0.2, 0) is 7.05 Å². The fraction of sp³-hybridized carbons (Fsp3) is 0.429. The van der Waals surface area contributed by atoms with Crippen molar-refractivity contribution >= 4 is 10.9 Å². The Morgan fingerprint density at radius 3 is 2.88 bits per heavy atom. The number of hydrogen-bond acceptors (Lipinski definition) is 1. The average Bonchev–Trinajstić information content (AvgIpc) is 2.83. The third-order valence-corrected chi connectivity index (χ3v) is 3.90. The molecule has 2 aromatic rings. The average molecular weight is 232 g/mol. The number of nitrogens with two attached hydrogens (primary N) is 1. The highest BCUT2D eigenvalue weighted by Crippen LogP contribution is 2.38. The first kappa shape index (κ1) is 10.8.